The molecule has 1 aliphatic heterocycles. The first-order chi connectivity index (χ1) is 13.5. The van der Waals surface area contributed by atoms with E-state index in [9.17, 15) is 4.79 Å². The zero-order chi connectivity index (χ0) is 19.9. The summed E-state index contributed by atoms with van der Waals surface area (Å²) >= 11 is 0. The van der Waals surface area contributed by atoms with Crippen molar-refractivity contribution in [3.63, 3.8) is 0 Å². The number of nitrogens with zero attached hydrogens (tertiary/aromatic N) is 3. The van der Waals surface area contributed by atoms with Gasteiger partial charge in [-0.2, -0.15) is 4.98 Å². The van der Waals surface area contributed by atoms with Crippen LogP contribution in [0, 0.1) is 0 Å². The quantitative estimate of drug-likeness (QED) is 0.729. The molecule has 1 aliphatic rings. The maximum Gasteiger partial charge on any atom is 0.319 e. The minimum Gasteiger partial charge on any atom is -0.484 e. The third-order valence-corrected chi connectivity index (χ3v) is 4.78. The van der Waals surface area contributed by atoms with Crippen molar-refractivity contribution in [2.24, 2.45) is 0 Å². The minimum absolute atomic E-state index is 0.00454. The third kappa shape index (κ3) is 5.34. The van der Waals surface area contributed by atoms with Crippen LogP contribution in [0.25, 0.3) is 0 Å². The Labute approximate surface area is 165 Å². The topological polar surface area (TPSA) is 73.8 Å². The Morgan fingerprint density at radius 2 is 1.89 bits per heavy atom. The number of aromatic nitrogens is 2. The van der Waals surface area contributed by atoms with Crippen LogP contribution in [-0.2, 0) is 4.79 Å². The zero-order valence-corrected chi connectivity index (χ0v) is 16.6. The highest BCUT2D eigenvalue weighted by Gasteiger charge is 2.24. The van der Waals surface area contributed by atoms with Crippen molar-refractivity contribution in [3.8, 4) is 17.6 Å². The van der Waals surface area contributed by atoms with Crippen LogP contribution in [0.3, 0.4) is 0 Å². The maximum atomic E-state index is 12.4. The number of ether oxygens (including phenoxy) is 3. The molecule has 1 saturated heterocycles. The van der Waals surface area contributed by atoms with E-state index in [-0.39, 0.29) is 24.6 Å². The first-order valence-corrected chi connectivity index (χ1v) is 9.59. The second-order valence-corrected chi connectivity index (χ2v) is 7.09. The number of methoxy groups -OCH3 is 1. The molecule has 0 aliphatic carbocycles. The summed E-state index contributed by atoms with van der Waals surface area (Å²) in [4.78, 5) is 22.4. The number of rotatable bonds is 7. The Morgan fingerprint density at radius 3 is 2.54 bits per heavy atom. The van der Waals surface area contributed by atoms with E-state index < -0.39 is 0 Å². The van der Waals surface area contributed by atoms with Crippen molar-refractivity contribution < 1.29 is 19.0 Å². The molecule has 0 bridgehead atoms. The van der Waals surface area contributed by atoms with Gasteiger partial charge in [-0.05, 0) is 23.6 Å². The fourth-order valence-electron chi connectivity index (χ4n) is 3.07. The average Bonchev–Trinajstić information content (AvgIpc) is 2.73. The smallest absolute Gasteiger partial charge is 0.319 e. The third-order valence-electron chi connectivity index (χ3n) is 4.78. The highest BCUT2D eigenvalue weighted by molar-refractivity contribution is 5.77. The summed E-state index contributed by atoms with van der Waals surface area (Å²) in [5, 5.41) is 0. The lowest BCUT2D eigenvalue weighted by Crippen LogP contribution is -2.43. The van der Waals surface area contributed by atoms with Crippen LogP contribution in [-0.4, -0.2) is 53.7 Å². The van der Waals surface area contributed by atoms with Crippen molar-refractivity contribution in [1.29, 1.82) is 0 Å². The second kappa shape index (κ2) is 9.39. The summed E-state index contributed by atoms with van der Waals surface area (Å²) in [5.41, 5.74) is 1.25. The van der Waals surface area contributed by atoms with Gasteiger partial charge in [0.15, 0.2) is 6.61 Å². The van der Waals surface area contributed by atoms with Crippen LogP contribution < -0.4 is 14.2 Å². The number of benzene rings is 1. The highest BCUT2D eigenvalue weighted by Crippen LogP contribution is 2.20. The van der Waals surface area contributed by atoms with Crippen LogP contribution in [0.15, 0.2) is 36.5 Å². The van der Waals surface area contributed by atoms with E-state index in [1.54, 1.807) is 12.3 Å². The highest BCUT2D eigenvalue weighted by atomic mass is 16.5. The molecule has 0 saturated carbocycles. The fraction of sp³-hybridized carbons (Fsp3) is 0.476. The SMILES string of the molecule is COc1nccc(OC2CCN(C(=O)COc3ccc(C(C)C)cc3)CC2)n1. The van der Waals surface area contributed by atoms with Crippen LogP contribution in [0.2, 0.25) is 0 Å². The molecule has 28 heavy (non-hydrogen) atoms. The first-order valence-electron chi connectivity index (χ1n) is 9.59. The van der Waals surface area contributed by atoms with Gasteiger partial charge in [-0.25, -0.2) is 4.98 Å². The van der Waals surface area contributed by atoms with Crippen molar-refractivity contribution in [1.82, 2.24) is 14.9 Å². The Kier molecular flexibility index (Phi) is 6.68. The number of piperidine rings is 1. The number of carbonyl (C=O) groups is 1. The van der Waals surface area contributed by atoms with E-state index in [1.165, 1.54) is 12.7 Å². The molecule has 3 rings (SSSR count). The molecule has 150 valence electrons. The average molecular weight is 385 g/mol. The van der Waals surface area contributed by atoms with Gasteiger partial charge in [-0.3, -0.25) is 4.79 Å². The largest absolute Gasteiger partial charge is 0.484 e. The molecule has 0 spiro atoms. The lowest BCUT2D eigenvalue weighted by Gasteiger charge is -2.31. The van der Waals surface area contributed by atoms with Crippen LogP contribution in [0.4, 0.5) is 0 Å². The molecule has 0 unspecified atom stereocenters. The monoisotopic (exact) mass is 385 g/mol. The number of likely N-dealkylation sites (tertiary alicyclic amines) is 1. The molecule has 1 amide bonds. The Hall–Kier alpha value is -2.83. The molecule has 0 atom stereocenters. The molecule has 7 heteroatoms. The van der Waals surface area contributed by atoms with E-state index in [4.69, 9.17) is 14.2 Å². The Bertz CT molecular complexity index is 771. The predicted molar refractivity (Wildman–Crippen MR) is 105 cm³/mol. The standard InChI is InChI=1S/C21H27N3O4/c1-15(2)16-4-6-17(7-5-16)27-14-20(25)24-12-9-18(10-13-24)28-19-8-11-22-21(23-19)26-3/h4-8,11,15,18H,9-10,12-14H2,1-3H3. The van der Waals surface area contributed by atoms with Gasteiger partial charge in [0.25, 0.3) is 5.91 Å². The number of carbonyl (C=O) groups excluding carboxylic acids is 1. The fourth-order valence-corrected chi connectivity index (χ4v) is 3.07. The molecular formula is C21H27N3O4. The van der Waals surface area contributed by atoms with E-state index in [0.717, 1.165) is 12.8 Å². The van der Waals surface area contributed by atoms with Crippen molar-refractivity contribution in [2.75, 3.05) is 26.8 Å². The molecule has 1 aromatic heterocycles. The number of hydrogen-bond acceptors (Lipinski definition) is 6. The van der Waals surface area contributed by atoms with Crippen LogP contribution in [0.5, 0.6) is 17.6 Å². The van der Waals surface area contributed by atoms with Gasteiger partial charge in [0.2, 0.25) is 5.88 Å². The molecule has 0 radical (unpaired) electrons. The Balaban J connectivity index is 1.43. The van der Waals surface area contributed by atoms with Gasteiger partial charge in [-0.1, -0.05) is 26.0 Å². The van der Waals surface area contributed by atoms with Gasteiger partial charge in [0, 0.05) is 38.2 Å². The van der Waals surface area contributed by atoms with E-state index in [0.29, 0.717) is 30.6 Å². The summed E-state index contributed by atoms with van der Waals surface area (Å²) in [5.74, 6) is 1.68. The molecule has 2 heterocycles. The van der Waals surface area contributed by atoms with E-state index in [2.05, 4.69) is 23.8 Å². The summed E-state index contributed by atoms with van der Waals surface area (Å²) < 4.78 is 16.5. The number of hydrogen-bond donors (Lipinski definition) is 0. The summed E-state index contributed by atoms with van der Waals surface area (Å²) in [6, 6.07) is 9.89. The molecule has 7 nitrogen and oxygen atoms in total. The second-order valence-electron chi connectivity index (χ2n) is 7.09. The van der Waals surface area contributed by atoms with Gasteiger partial charge >= 0.3 is 6.01 Å². The van der Waals surface area contributed by atoms with Crippen LogP contribution >= 0.6 is 0 Å². The van der Waals surface area contributed by atoms with Gasteiger partial charge in [-0.15, -0.1) is 0 Å². The number of amides is 1. The summed E-state index contributed by atoms with van der Waals surface area (Å²) in [7, 11) is 1.52. The van der Waals surface area contributed by atoms with Crippen molar-refractivity contribution >= 4 is 5.91 Å². The first kappa shape index (κ1) is 19.9. The minimum atomic E-state index is -0.00454. The molecule has 0 N–H and O–H groups in total. The molecule has 1 aromatic carbocycles. The predicted octanol–water partition coefficient (Wildman–Crippen LogP) is 3.06. The lowest BCUT2D eigenvalue weighted by atomic mass is 10.0. The van der Waals surface area contributed by atoms with E-state index >= 15 is 0 Å². The lowest BCUT2D eigenvalue weighted by molar-refractivity contribution is -0.135. The van der Waals surface area contributed by atoms with Gasteiger partial charge in [0.05, 0.1) is 7.11 Å². The molecular weight excluding hydrogens is 358 g/mol. The Morgan fingerprint density at radius 1 is 1.18 bits per heavy atom. The molecule has 1 fully saturated rings. The summed E-state index contributed by atoms with van der Waals surface area (Å²) in [6.45, 7) is 5.63. The van der Waals surface area contributed by atoms with Crippen LogP contribution in [0.1, 0.15) is 38.2 Å². The van der Waals surface area contributed by atoms with Gasteiger partial charge < -0.3 is 19.1 Å². The van der Waals surface area contributed by atoms with Gasteiger partial charge in [0.1, 0.15) is 11.9 Å². The maximum absolute atomic E-state index is 12.4. The van der Waals surface area contributed by atoms with Crippen molar-refractivity contribution in [3.05, 3.63) is 42.1 Å². The van der Waals surface area contributed by atoms with E-state index in [1.807, 2.05) is 29.2 Å². The molecule has 2 aromatic rings. The van der Waals surface area contributed by atoms with Crippen molar-refractivity contribution in [2.45, 2.75) is 38.7 Å². The normalized spacial score (nSPS) is 14.8. The zero-order valence-electron chi connectivity index (χ0n) is 16.6. The summed E-state index contributed by atoms with van der Waals surface area (Å²) in [6.07, 6.45) is 3.13.